The van der Waals surface area contributed by atoms with Crippen molar-refractivity contribution in [3.05, 3.63) is 65.2 Å². The lowest BCUT2D eigenvalue weighted by atomic mass is 9.94. The van der Waals surface area contributed by atoms with Crippen molar-refractivity contribution < 1.29 is 14.4 Å². The number of rotatable bonds is 7. The molecule has 172 valence electrons. The molecule has 4 rings (SSSR count). The first-order valence-electron chi connectivity index (χ1n) is 11.0. The third-order valence-electron chi connectivity index (χ3n) is 5.83. The number of phenols is 1. The maximum absolute atomic E-state index is 10.4. The Kier molecular flexibility index (Phi) is 6.65. The van der Waals surface area contributed by atoms with E-state index in [0.717, 1.165) is 47.3 Å². The van der Waals surface area contributed by atoms with Crippen LogP contribution in [-0.4, -0.2) is 38.9 Å². The van der Waals surface area contributed by atoms with Crippen LogP contribution in [0.25, 0.3) is 17.0 Å². The first kappa shape index (κ1) is 22.8. The molecule has 1 aromatic heterocycles. The molecule has 2 aromatic carbocycles. The van der Waals surface area contributed by atoms with Crippen LogP contribution >= 0.6 is 12.2 Å². The number of hydrogen-bond acceptors (Lipinski definition) is 6. The maximum atomic E-state index is 10.4. The number of nitrogens with one attached hydrogen (secondary N) is 1. The van der Waals surface area contributed by atoms with Crippen LogP contribution in [0.15, 0.2) is 52.7 Å². The molecule has 0 aliphatic carbocycles. The third kappa shape index (κ3) is 4.57. The van der Waals surface area contributed by atoms with E-state index in [1.165, 1.54) is 7.11 Å². The first-order valence-corrected chi connectivity index (χ1v) is 11.4. The summed E-state index contributed by atoms with van der Waals surface area (Å²) in [5, 5.41) is 18.7. The summed E-state index contributed by atoms with van der Waals surface area (Å²) in [6.45, 7) is 6.99. The van der Waals surface area contributed by atoms with Gasteiger partial charge in [-0.2, -0.15) is 4.98 Å². The zero-order valence-corrected chi connectivity index (χ0v) is 20.1. The summed E-state index contributed by atoms with van der Waals surface area (Å²) in [4.78, 5) is 6.80. The fourth-order valence-electron chi connectivity index (χ4n) is 3.93. The second-order valence-electron chi connectivity index (χ2n) is 8.11. The number of aryl methyl sites for hydroxylation is 1. The second kappa shape index (κ2) is 9.62. The van der Waals surface area contributed by atoms with E-state index in [2.05, 4.69) is 22.3 Å². The molecule has 0 saturated heterocycles. The van der Waals surface area contributed by atoms with Gasteiger partial charge in [0, 0.05) is 17.8 Å². The summed E-state index contributed by atoms with van der Waals surface area (Å²) in [5.74, 6) is 1.40. The maximum Gasteiger partial charge on any atom is 0.258 e. The minimum atomic E-state index is -0.362. The van der Waals surface area contributed by atoms with Crippen LogP contribution in [0.4, 0.5) is 0 Å². The van der Waals surface area contributed by atoms with E-state index in [1.807, 2.05) is 44.2 Å². The third-order valence-corrected chi connectivity index (χ3v) is 6.17. The summed E-state index contributed by atoms with van der Waals surface area (Å²) in [6.07, 6.45) is 2.05. The normalized spacial score (nSPS) is 16.2. The molecule has 1 atom stereocenters. The number of unbranched alkanes of at least 4 members (excludes halogenated alkanes) is 1. The molecule has 8 heteroatoms. The van der Waals surface area contributed by atoms with Gasteiger partial charge in [-0.25, -0.2) is 0 Å². The van der Waals surface area contributed by atoms with Gasteiger partial charge in [-0.15, -0.1) is 0 Å². The van der Waals surface area contributed by atoms with E-state index in [0.29, 0.717) is 22.6 Å². The predicted octanol–water partition coefficient (Wildman–Crippen LogP) is 5.22. The lowest BCUT2D eigenvalue weighted by Gasteiger charge is -2.37. The molecule has 1 aliphatic rings. The largest absolute Gasteiger partial charge is 0.504 e. The van der Waals surface area contributed by atoms with E-state index >= 15 is 0 Å². The number of thiocarbonyl (C=S) groups is 1. The van der Waals surface area contributed by atoms with Gasteiger partial charge in [0.2, 0.25) is 5.82 Å². The number of allylic oxidation sites excluding steroid dienone is 1. The number of methoxy groups -OCH3 is 1. The average molecular weight is 465 g/mol. The number of nitrogens with zero attached hydrogens (tertiary/aromatic N) is 3. The summed E-state index contributed by atoms with van der Waals surface area (Å²) in [7, 11) is 1.52. The van der Waals surface area contributed by atoms with E-state index in [9.17, 15) is 5.11 Å². The Labute approximate surface area is 199 Å². The SMILES string of the molecule is CCCCN1C(=S)NC(c2ccc(OC)c(O)c2)C(c2nc(-c3ccc(C)cc3)no2)=C1C. The molecule has 1 aliphatic heterocycles. The summed E-state index contributed by atoms with van der Waals surface area (Å²) < 4.78 is 11.0. The number of ether oxygens (including phenoxy) is 1. The van der Waals surface area contributed by atoms with Gasteiger partial charge >= 0.3 is 0 Å². The van der Waals surface area contributed by atoms with Gasteiger partial charge in [-0.05, 0) is 50.2 Å². The van der Waals surface area contributed by atoms with Crippen molar-refractivity contribution in [3.63, 3.8) is 0 Å². The molecule has 2 heterocycles. The number of aromatic nitrogens is 2. The van der Waals surface area contributed by atoms with Crippen LogP contribution < -0.4 is 10.1 Å². The van der Waals surface area contributed by atoms with E-state index < -0.39 is 0 Å². The van der Waals surface area contributed by atoms with Crippen molar-refractivity contribution >= 4 is 22.9 Å². The summed E-state index contributed by atoms with van der Waals surface area (Å²) in [6, 6.07) is 12.9. The number of phenolic OH excluding ortho intramolecular Hbond substituents is 1. The van der Waals surface area contributed by atoms with Gasteiger partial charge < -0.3 is 24.6 Å². The first-order chi connectivity index (χ1) is 15.9. The average Bonchev–Trinajstić information content (AvgIpc) is 3.28. The minimum Gasteiger partial charge on any atom is -0.504 e. The highest BCUT2D eigenvalue weighted by atomic mass is 32.1. The zero-order valence-electron chi connectivity index (χ0n) is 19.3. The molecule has 7 nitrogen and oxygen atoms in total. The molecule has 0 saturated carbocycles. The Bertz CT molecular complexity index is 1190. The van der Waals surface area contributed by atoms with Gasteiger partial charge in [-0.1, -0.05) is 54.4 Å². The fraction of sp³-hybridized carbons (Fsp3) is 0.320. The fourth-order valence-corrected chi connectivity index (χ4v) is 4.28. The number of aromatic hydroxyl groups is 1. The van der Waals surface area contributed by atoms with E-state index in [1.54, 1.807) is 12.1 Å². The van der Waals surface area contributed by atoms with Gasteiger partial charge in [0.15, 0.2) is 16.6 Å². The van der Waals surface area contributed by atoms with Crippen LogP contribution in [0.5, 0.6) is 11.5 Å². The molecule has 0 fully saturated rings. The topological polar surface area (TPSA) is 83.7 Å². The lowest BCUT2D eigenvalue weighted by Crippen LogP contribution is -2.46. The Hall–Kier alpha value is -3.39. The van der Waals surface area contributed by atoms with Crippen molar-refractivity contribution in [2.45, 2.75) is 39.7 Å². The van der Waals surface area contributed by atoms with Gasteiger partial charge in [0.05, 0.1) is 18.7 Å². The quantitative estimate of drug-likeness (QED) is 0.461. The van der Waals surface area contributed by atoms with Crippen LogP contribution in [0.2, 0.25) is 0 Å². The Morgan fingerprint density at radius 3 is 2.61 bits per heavy atom. The van der Waals surface area contributed by atoms with Gasteiger partial charge in [-0.3, -0.25) is 0 Å². The van der Waals surface area contributed by atoms with Crippen LogP contribution in [0.3, 0.4) is 0 Å². The standard InChI is InChI=1S/C25H28N4O3S/c1-5-6-13-29-16(3)21(24-27-23(28-32-24)17-9-7-15(2)8-10-17)22(26-25(29)33)18-11-12-20(31-4)19(30)14-18/h7-12,14,22,30H,5-6,13H2,1-4H3,(H,26,33). The Morgan fingerprint density at radius 2 is 1.94 bits per heavy atom. The molecule has 1 unspecified atom stereocenters. The number of hydrogen-bond donors (Lipinski definition) is 2. The number of benzene rings is 2. The van der Waals surface area contributed by atoms with Crippen molar-refractivity contribution in [1.29, 1.82) is 0 Å². The van der Waals surface area contributed by atoms with Gasteiger partial charge in [0.25, 0.3) is 5.89 Å². The smallest absolute Gasteiger partial charge is 0.258 e. The molecule has 0 radical (unpaired) electrons. The summed E-state index contributed by atoms with van der Waals surface area (Å²) in [5.41, 5.74) is 4.64. The monoisotopic (exact) mass is 464 g/mol. The van der Waals surface area contributed by atoms with Crippen molar-refractivity contribution in [3.8, 4) is 22.9 Å². The van der Waals surface area contributed by atoms with Crippen LogP contribution in [0, 0.1) is 6.92 Å². The molecular formula is C25H28N4O3S. The van der Waals surface area contributed by atoms with Crippen molar-refractivity contribution in [2.75, 3.05) is 13.7 Å². The Morgan fingerprint density at radius 1 is 1.18 bits per heavy atom. The molecule has 3 aromatic rings. The molecule has 0 amide bonds. The summed E-state index contributed by atoms with van der Waals surface area (Å²) >= 11 is 5.70. The van der Waals surface area contributed by atoms with Crippen LogP contribution in [0.1, 0.15) is 49.7 Å². The second-order valence-corrected chi connectivity index (χ2v) is 8.49. The van der Waals surface area contributed by atoms with Gasteiger partial charge in [0.1, 0.15) is 0 Å². The lowest BCUT2D eigenvalue weighted by molar-refractivity contribution is 0.372. The molecule has 33 heavy (non-hydrogen) atoms. The zero-order chi connectivity index (χ0) is 23.5. The van der Waals surface area contributed by atoms with Crippen LogP contribution in [-0.2, 0) is 0 Å². The molecule has 0 bridgehead atoms. The Balaban J connectivity index is 1.80. The van der Waals surface area contributed by atoms with Crippen molar-refractivity contribution in [2.24, 2.45) is 0 Å². The van der Waals surface area contributed by atoms with E-state index in [-0.39, 0.29) is 11.8 Å². The minimum absolute atomic E-state index is 0.0546. The molecule has 0 spiro atoms. The molecular weight excluding hydrogens is 436 g/mol. The van der Waals surface area contributed by atoms with E-state index in [4.69, 9.17) is 26.5 Å². The highest BCUT2D eigenvalue weighted by molar-refractivity contribution is 7.80. The predicted molar refractivity (Wildman–Crippen MR) is 132 cm³/mol. The van der Waals surface area contributed by atoms with Crippen molar-refractivity contribution in [1.82, 2.24) is 20.4 Å². The molecule has 2 N–H and O–H groups in total. The highest BCUT2D eigenvalue weighted by Crippen LogP contribution is 2.39. The highest BCUT2D eigenvalue weighted by Gasteiger charge is 2.34.